The fourth-order valence-electron chi connectivity index (χ4n) is 3.35. The fourth-order valence-corrected chi connectivity index (χ4v) is 4.07. The second-order valence-electron chi connectivity index (χ2n) is 7.26. The van der Waals surface area contributed by atoms with Crippen LogP contribution in [-0.2, 0) is 4.79 Å². The molecule has 1 aromatic carbocycles. The van der Waals surface area contributed by atoms with Crippen LogP contribution in [0.1, 0.15) is 46.6 Å². The smallest absolute Gasteiger partial charge is 0.263 e. The average Bonchev–Trinajstić information content (AvgIpc) is 3.27. The van der Waals surface area contributed by atoms with E-state index >= 15 is 0 Å². The molecule has 2 N–H and O–H groups in total. The lowest BCUT2D eigenvalue weighted by molar-refractivity contribution is -0.131. The molecular weight excluding hydrogens is 362 g/mol. The number of hydrogen-bond acceptors (Lipinski definition) is 5. The Labute approximate surface area is 163 Å². The molecule has 144 valence electrons. The van der Waals surface area contributed by atoms with Gasteiger partial charge in [0.25, 0.3) is 5.91 Å². The summed E-state index contributed by atoms with van der Waals surface area (Å²) in [4.78, 5) is 31.1. The van der Waals surface area contributed by atoms with Gasteiger partial charge in [-0.25, -0.2) is 4.98 Å². The van der Waals surface area contributed by atoms with E-state index in [0.717, 1.165) is 5.56 Å². The summed E-state index contributed by atoms with van der Waals surface area (Å²) in [5.74, 6) is -0.0702. The van der Waals surface area contributed by atoms with E-state index in [9.17, 15) is 14.7 Å². The van der Waals surface area contributed by atoms with Gasteiger partial charge in [-0.1, -0.05) is 37.3 Å². The van der Waals surface area contributed by atoms with E-state index in [1.165, 1.54) is 11.3 Å². The molecule has 0 spiro atoms. The Morgan fingerprint density at radius 3 is 2.78 bits per heavy atom. The summed E-state index contributed by atoms with van der Waals surface area (Å²) in [5, 5.41) is 13.5. The molecule has 1 fully saturated rings. The van der Waals surface area contributed by atoms with Gasteiger partial charge in [-0.15, -0.1) is 11.3 Å². The van der Waals surface area contributed by atoms with E-state index in [1.54, 1.807) is 17.3 Å². The molecule has 2 heterocycles. The molecule has 0 saturated carbocycles. The van der Waals surface area contributed by atoms with Crippen molar-refractivity contribution in [1.82, 2.24) is 15.2 Å². The molecule has 6 nitrogen and oxygen atoms in total. The molecule has 3 rings (SSSR count). The molecule has 0 radical (unpaired) electrons. The third-order valence-electron chi connectivity index (χ3n) is 5.06. The molecule has 27 heavy (non-hydrogen) atoms. The minimum atomic E-state index is -1.08. The van der Waals surface area contributed by atoms with Crippen molar-refractivity contribution >= 4 is 23.2 Å². The van der Waals surface area contributed by atoms with Gasteiger partial charge in [-0.2, -0.15) is 0 Å². The Balaban J connectivity index is 1.51. The van der Waals surface area contributed by atoms with Gasteiger partial charge >= 0.3 is 0 Å². The Bertz CT molecular complexity index is 808. The van der Waals surface area contributed by atoms with E-state index in [-0.39, 0.29) is 30.8 Å². The zero-order valence-electron chi connectivity index (χ0n) is 15.6. The SMILES string of the molecule is Cc1ncsc1C(=O)NCC1(O)CCN(C(=O)CC(C)c2ccccc2)C1. The molecule has 2 amide bonds. The number of carbonyl (C=O) groups is 2. The van der Waals surface area contributed by atoms with Crippen molar-refractivity contribution < 1.29 is 14.7 Å². The van der Waals surface area contributed by atoms with Crippen LogP contribution in [0.25, 0.3) is 0 Å². The van der Waals surface area contributed by atoms with Crippen LogP contribution in [0, 0.1) is 6.92 Å². The molecule has 2 atom stereocenters. The summed E-state index contributed by atoms with van der Waals surface area (Å²) >= 11 is 1.28. The van der Waals surface area contributed by atoms with Crippen LogP contribution < -0.4 is 5.32 Å². The van der Waals surface area contributed by atoms with Crippen molar-refractivity contribution in [3.8, 4) is 0 Å². The number of β-amino-alcohol motifs (C(OH)–C–C–N with tert-alkyl or cyclic N) is 1. The number of nitrogens with one attached hydrogen (secondary N) is 1. The third-order valence-corrected chi connectivity index (χ3v) is 5.99. The molecule has 1 saturated heterocycles. The van der Waals surface area contributed by atoms with Crippen LogP contribution in [0.3, 0.4) is 0 Å². The largest absolute Gasteiger partial charge is 0.386 e. The number of carbonyl (C=O) groups excluding carboxylic acids is 2. The van der Waals surface area contributed by atoms with Gasteiger partial charge in [0.05, 0.1) is 17.7 Å². The summed E-state index contributed by atoms with van der Waals surface area (Å²) < 4.78 is 0. The van der Waals surface area contributed by atoms with E-state index < -0.39 is 5.60 Å². The number of aryl methyl sites for hydroxylation is 1. The highest BCUT2D eigenvalue weighted by Gasteiger charge is 2.38. The van der Waals surface area contributed by atoms with E-state index in [2.05, 4.69) is 10.3 Å². The topological polar surface area (TPSA) is 82.5 Å². The molecule has 0 bridgehead atoms. The van der Waals surface area contributed by atoms with E-state index in [4.69, 9.17) is 0 Å². The molecule has 2 aromatic rings. The van der Waals surface area contributed by atoms with Gasteiger partial charge in [-0.3, -0.25) is 9.59 Å². The third kappa shape index (κ3) is 4.73. The number of nitrogens with zero attached hydrogens (tertiary/aromatic N) is 2. The normalized spacial score (nSPS) is 20.5. The van der Waals surface area contributed by atoms with Crippen LogP contribution in [-0.4, -0.2) is 52.0 Å². The van der Waals surface area contributed by atoms with Gasteiger partial charge in [-0.05, 0) is 24.8 Å². The maximum Gasteiger partial charge on any atom is 0.263 e. The Kier molecular flexibility index (Phi) is 5.92. The predicted octanol–water partition coefficient (Wildman–Crippen LogP) is 2.34. The van der Waals surface area contributed by atoms with Gasteiger partial charge in [0.15, 0.2) is 0 Å². The molecular formula is C20H25N3O3S. The van der Waals surface area contributed by atoms with Crippen LogP contribution in [0.4, 0.5) is 0 Å². The minimum absolute atomic E-state index is 0.0342. The summed E-state index contributed by atoms with van der Waals surface area (Å²) in [6, 6.07) is 9.95. The number of rotatable bonds is 6. The standard InChI is InChI=1S/C20H25N3O3S/c1-14(16-6-4-3-5-7-16)10-17(24)23-9-8-20(26,12-23)11-21-19(25)18-15(2)22-13-27-18/h3-7,13-14,26H,8-12H2,1-2H3,(H,21,25). The quantitative estimate of drug-likeness (QED) is 0.797. The van der Waals surface area contributed by atoms with Crippen LogP contribution >= 0.6 is 11.3 Å². The maximum absolute atomic E-state index is 12.6. The van der Waals surface area contributed by atoms with Gasteiger partial charge in [0.2, 0.25) is 5.91 Å². The average molecular weight is 388 g/mol. The number of amides is 2. The van der Waals surface area contributed by atoms with Crippen molar-refractivity contribution in [2.45, 2.75) is 38.2 Å². The van der Waals surface area contributed by atoms with E-state index in [1.807, 2.05) is 37.3 Å². The Hall–Kier alpha value is -2.25. The van der Waals surface area contributed by atoms with Crippen LogP contribution in [0.5, 0.6) is 0 Å². The predicted molar refractivity (Wildman–Crippen MR) is 105 cm³/mol. The molecule has 2 unspecified atom stereocenters. The maximum atomic E-state index is 12.6. The highest BCUT2D eigenvalue weighted by Crippen LogP contribution is 2.25. The van der Waals surface area contributed by atoms with Crippen LogP contribution in [0.15, 0.2) is 35.8 Å². The minimum Gasteiger partial charge on any atom is -0.386 e. The highest BCUT2D eigenvalue weighted by atomic mass is 32.1. The zero-order chi connectivity index (χ0) is 19.4. The number of benzene rings is 1. The summed E-state index contributed by atoms with van der Waals surface area (Å²) in [6.45, 7) is 4.69. The van der Waals surface area contributed by atoms with E-state index in [0.29, 0.717) is 30.0 Å². The lowest BCUT2D eigenvalue weighted by Crippen LogP contribution is -2.45. The van der Waals surface area contributed by atoms with Crippen molar-refractivity contribution in [2.24, 2.45) is 0 Å². The van der Waals surface area contributed by atoms with Crippen molar-refractivity contribution in [1.29, 1.82) is 0 Å². The van der Waals surface area contributed by atoms with Gasteiger partial charge in [0.1, 0.15) is 10.5 Å². The van der Waals surface area contributed by atoms with Gasteiger partial charge in [0, 0.05) is 19.5 Å². The van der Waals surface area contributed by atoms with Crippen molar-refractivity contribution in [3.63, 3.8) is 0 Å². The zero-order valence-corrected chi connectivity index (χ0v) is 16.5. The summed E-state index contributed by atoms with van der Waals surface area (Å²) in [6.07, 6.45) is 0.868. The number of thiazole rings is 1. The highest BCUT2D eigenvalue weighted by molar-refractivity contribution is 7.11. The number of aliphatic hydroxyl groups is 1. The second kappa shape index (κ2) is 8.19. The molecule has 1 aliphatic rings. The Morgan fingerprint density at radius 2 is 2.11 bits per heavy atom. The number of hydrogen-bond donors (Lipinski definition) is 2. The molecule has 7 heteroatoms. The van der Waals surface area contributed by atoms with Crippen LogP contribution in [0.2, 0.25) is 0 Å². The summed E-state index contributed by atoms with van der Waals surface area (Å²) in [7, 11) is 0. The number of aromatic nitrogens is 1. The molecule has 0 aliphatic carbocycles. The first-order valence-electron chi connectivity index (χ1n) is 9.11. The van der Waals surface area contributed by atoms with Gasteiger partial charge < -0.3 is 15.3 Å². The first-order chi connectivity index (χ1) is 12.9. The Morgan fingerprint density at radius 1 is 1.37 bits per heavy atom. The monoisotopic (exact) mass is 387 g/mol. The van der Waals surface area contributed by atoms with Crippen molar-refractivity contribution in [3.05, 3.63) is 52.0 Å². The first kappa shape index (κ1) is 19.5. The molecule has 1 aliphatic heterocycles. The van der Waals surface area contributed by atoms with Crippen molar-refractivity contribution in [2.75, 3.05) is 19.6 Å². The summed E-state index contributed by atoms with van der Waals surface area (Å²) in [5.41, 5.74) is 2.36. The lowest BCUT2D eigenvalue weighted by atomic mass is 9.97. The molecule has 1 aromatic heterocycles. The lowest BCUT2D eigenvalue weighted by Gasteiger charge is -2.24. The number of likely N-dealkylation sites (tertiary alicyclic amines) is 1. The second-order valence-corrected chi connectivity index (χ2v) is 8.11. The first-order valence-corrected chi connectivity index (χ1v) is 9.99. The fraction of sp³-hybridized carbons (Fsp3) is 0.450.